The van der Waals surface area contributed by atoms with E-state index < -0.39 is 0 Å². The van der Waals surface area contributed by atoms with Crippen molar-refractivity contribution in [3.8, 4) is 17.2 Å². The minimum absolute atomic E-state index is 0.0333. The Labute approximate surface area is 372 Å². The molecule has 0 aliphatic heterocycles. The SMILES string of the molecule is CCCCCCCCCCCCCCOc1cc(C(=O)NCCOCCO)cc(OCCCCCCCCCCCCCC)c1OCCCCCCCCCCCCCC. The second kappa shape index (κ2) is 45.0. The lowest BCUT2D eigenvalue weighted by atomic mass is 10.1. The molecule has 0 heterocycles. The number of hydrogen-bond acceptors (Lipinski definition) is 6. The molecule has 0 aliphatic carbocycles. The molecule has 60 heavy (non-hydrogen) atoms. The molecule has 1 aromatic carbocycles. The van der Waals surface area contributed by atoms with Crippen LogP contribution in [0.3, 0.4) is 0 Å². The monoisotopic (exact) mass is 846 g/mol. The predicted octanol–water partition coefficient (Wildman–Crippen LogP) is 15.7. The number of rotatable bonds is 48. The van der Waals surface area contributed by atoms with E-state index in [1.165, 1.54) is 193 Å². The molecule has 0 fully saturated rings. The van der Waals surface area contributed by atoms with Gasteiger partial charge in [-0.2, -0.15) is 0 Å². The molecule has 0 atom stereocenters. The smallest absolute Gasteiger partial charge is 0.251 e. The number of nitrogens with one attached hydrogen (secondary N) is 1. The zero-order chi connectivity index (χ0) is 43.2. The van der Waals surface area contributed by atoms with Gasteiger partial charge in [-0.05, 0) is 31.4 Å². The molecule has 0 unspecified atom stereocenters. The number of aliphatic hydroxyl groups is 1. The number of amides is 1. The summed E-state index contributed by atoms with van der Waals surface area (Å²) in [6.45, 7) is 9.56. The summed E-state index contributed by atoms with van der Waals surface area (Å²) in [5, 5.41) is 12.0. The van der Waals surface area contributed by atoms with Gasteiger partial charge in [-0.1, -0.05) is 233 Å². The quantitative estimate of drug-likeness (QED) is 0.0636. The molecular formula is C53H99NO6. The van der Waals surface area contributed by atoms with Gasteiger partial charge in [-0.15, -0.1) is 0 Å². The van der Waals surface area contributed by atoms with Crippen LogP contribution in [0.25, 0.3) is 0 Å². The maximum absolute atomic E-state index is 13.4. The van der Waals surface area contributed by atoms with E-state index in [4.69, 9.17) is 24.1 Å². The van der Waals surface area contributed by atoms with Crippen molar-refractivity contribution in [2.45, 2.75) is 252 Å². The summed E-state index contributed by atoms with van der Waals surface area (Å²) in [5.41, 5.74) is 0.504. The number of hydrogen-bond donors (Lipinski definition) is 2. The highest BCUT2D eigenvalue weighted by molar-refractivity contribution is 5.95. The molecule has 0 saturated heterocycles. The zero-order valence-electron chi connectivity index (χ0n) is 40.0. The second-order valence-corrected chi connectivity index (χ2v) is 17.6. The topological polar surface area (TPSA) is 86.3 Å². The fourth-order valence-corrected chi connectivity index (χ4v) is 7.94. The number of unbranched alkanes of at least 4 members (excludes halogenated alkanes) is 33. The largest absolute Gasteiger partial charge is 0.490 e. The summed E-state index contributed by atoms with van der Waals surface area (Å²) in [6, 6.07) is 3.66. The molecule has 352 valence electrons. The normalized spacial score (nSPS) is 11.3. The Hall–Kier alpha value is -1.99. The van der Waals surface area contributed by atoms with Crippen molar-refractivity contribution in [3.05, 3.63) is 17.7 Å². The van der Waals surface area contributed by atoms with Crippen molar-refractivity contribution in [2.75, 3.05) is 46.2 Å². The van der Waals surface area contributed by atoms with Crippen LogP contribution in [0.4, 0.5) is 0 Å². The Kier molecular flexibility index (Phi) is 42.1. The minimum Gasteiger partial charge on any atom is -0.490 e. The van der Waals surface area contributed by atoms with E-state index in [1.54, 1.807) is 0 Å². The van der Waals surface area contributed by atoms with Crippen molar-refractivity contribution >= 4 is 5.91 Å². The number of ether oxygens (including phenoxy) is 4. The van der Waals surface area contributed by atoms with E-state index in [-0.39, 0.29) is 19.1 Å². The van der Waals surface area contributed by atoms with Gasteiger partial charge < -0.3 is 29.4 Å². The molecule has 1 amide bonds. The second-order valence-electron chi connectivity index (χ2n) is 17.6. The van der Waals surface area contributed by atoms with Crippen LogP contribution in [0.1, 0.15) is 262 Å². The van der Waals surface area contributed by atoms with Crippen LogP contribution < -0.4 is 19.5 Å². The molecule has 7 heteroatoms. The average Bonchev–Trinajstić information content (AvgIpc) is 3.26. The fourth-order valence-electron chi connectivity index (χ4n) is 7.94. The Morgan fingerprint density at radius 2 is 0.717 bits per heavy atom. The third-order valence-electron chi connectivity index (χ3n) is 11.8. The van der Waals surface area contributed by atoms with Gasteiger partial charge in [-0.3, -0.25) is 4.79 Å². The van der Waals surface area contributed by atoms with Crippen molar-refractivity contribution in [2.24, 2.45) is 0 Å². The molecular weight excluding hydrogens is 747 g/mol. The van der Waals surface area contributed by atoms with E-state index >= 15 is 0 Å². The Bertz CT molecular complexity index is 999. The highest BCUT2D eigenvalue weighted by Crippen LogP contribution is 2.40. The molecule has 0 bridgehead atoms. The van der Waals surface area contributed by atoms with Crippen LogP contribution in [-0.2, 0) is 4.74 Å². The van der Waals surface area contributed by atoms with Crippen LogP contribution in [-0.4, -0.2) is 57.2 Å². The average molecular weight is 846 g/mol. The molecule has 7 nitrogen and oxygen atoms in total. The predicted molar refractivity (Wildman–Crippen MR) is 256 cm³/mol. The van der Waals surface area contributed by atoms with Crippen LogP contribution in [0.2, 0.25) is 0 Å². The summed E-state index contributed by atoms with van der Waals surface area (Å²) in [6.07, 6.45) is 46.7. The molecule has 2 N–H and O–H groups in total. The van der Waals surface area contributed by atoms with Crippen LogP contribution in [0, 0.1) is 0 Å². The Balaban J connectivity index is 2.79. The molecule has 0 saturated carbocycles. The summed E-state index contributed by atoms with van der Waals surface area (Å²) in [5.74, 6) is 1.65. The number of aliphatic hydroxyl groups excluding tert-OH is 1. The Morgan fingerprint density at radius 1 is 0.417 bits per heavy atom. The molecule has 0 spiro atoms. The van der Waals surface area contributed by atoms with E-state index in [9.17, 15) is 4.79 Å². The molecule has 1 rings (SSSR count). The zero-order valence-corrected chi connectivity index (χ0v) is 40.0. The van der Waals surface area contributed by atoms with Gasteiger partial charge in [0.25, 0.3) is 5.91 Å². The van der Waals surface area contributed by atoms with E-state index in [0.717, 1.165) is 38.5 Å². The first-order chi connectivity index (χ1) is 29.7. The molecule has 0 radical (unpaired) electrons. The number of carbonyl (C=O) groups is 1. The van der Waals surface area contributed by atoms with Gasteiger partial charge in [0.1, 0.15) is 0 Å². The highest BCUT2D eigenvalue weighted by Gasteiger charge is 2.19. The summed E-state index contributed by atoms with van der Waals surface area (Å²) >= 11 is 0. The lowest BCUT2D eigenvalue weighted by Crippen LogP contribution is -2.27. The standard InChI is InChI=1S/C53H99NO6/c1-4-7-10-13-16-19-22-25-28-31-34-37-42-58-50-47-49(53(56)54-40-45-57-46-41-55)48-51(59-43-38-35-32-29-26-23-20-17-14-11-8-5-2)52(50)60-44-39-36-33-30-27-24-21-18-15-12-9-6-3/h47-48,55H,4-46H2,1-3H3,(H,54,56). The van der Waals surface area contributed by atoms with Crippen LogP contribution >= 0.6 is 0 Å². The number of carbonyl (C=O) groups excluding carboxylic acids is 1. The third kappa shape index (κ3) is 34.6. The first-order valence-corrected chi connectivity index (χ1v) is 26.2. The maximum Gasteiger partial charge on any atom is 0.251 e. The fraction of sp³-hybridized carbons (Fsp3) is 0.868. The van der Waals surface area contributed by atoms with Gasteiger partial charge in [0.15, 0.2) is 11.5 Å². The van der Waals surface area contributed by atoms with E-state index in [0.29, 0.717) is 55.8 Å². The van der Waals surface area contributed by atoms with Gasteiger partial charge in [0.2, 0.25) is 5.75 Å². The van der Waals surface area contributed by atoms with Crippen molar-refractivity contribution < 1.29 is 28.8 Å². The van der Waals surface area contributed by atoms with Crippen LogP contribution in [0.5, 0.6) is 17.2 Å². The number of benzene rings is 1. The van der Waals surface area contributed by atoms with Crippen LogP contribution in [0.15, 0.2) is 12.1 Å². The van der Waals surface area contributed by atoms with Crippen molar-refractivity contribution in [3.63, 3.8) is 0 Å². The van der Waals surface area contributed by atoms with Crippen molar-refractivity contribution in [1.82, 2.24) is 5.32 Å². The maximum atomic E-state index is 13.4. The third-order valence-corrected chi connectivity index (χ3v) is 11.8. The molecule has 0 aromatic heterocycles. The minimum atomic E-state index is -0.194. The molecule has 1 aromatic rings. The highest BCUT2D eigenvalue weighted by atomic mass is 16.5. The van der Waals surface area contributed by atoms with E-state index in [2.05, 4.69) is 26.1 Å². The first-order valence-electron chi connectivity index (χ1n) is 26.2. The lowest BCUT2D eigenvalue weighted by Gasteiger charge is -2.19. The summed E-state index contributed by atoms with van der Waals surface area (Å²) in [4.78, 5) is 13.4. The summed E-state index contributed by atoms with van der Waals surface area (Å²) < 4.78 is 24.8. The lowest BCUT2D eigenvalue weighted by molar-refractivity contribution is 0.0837. The van der Waals surface area contributed by atoms with Gasteiger partial charge in [0, 0.05) is 12.1 Å². The van der Waals surface area contributed by atoms with Gasteiger partial charge in [0.05, 0.1) is 39.6 Å². The summed E-state index contributed by atoms with van der Waals surface area (Å²) in [7, 11) is 0. The first kappa shape index (κ1) is 56.0. The van der Waals surface area contributed by atoms with Crippen molar-refractivity contribution in [1.29, 1.82) is 0 Å². The Morgan fingerprint density at radius 3 is 1.03 bits per heavy atom. The van der Waals surface area contributed by atoms with Gasteiger partial charge >= 0.3 is 0 Å². The van der Waals surface area contributed by atoms with E-state index in [1.807, 2.05) is 12.1 Å². The van der Waals surface area contributed by atoms with Gasteiger partial charge in [-0.25, -0.2) is 0 Å². The molecule has 0 aliphatic rings.